The Kier molecular flexibility index (Phi) is 8.40. The van der Waals surface area contributed by atoms with E-state index < -0.39 is 11.1 Å². The molecule has 22 heavy (non-hydrogen) atoms. The zero-order valence-electron chi connectivity index (χ0n) is 13.3. The van der Waals surface area contributed by atoms with Crippen LogP contribution in [0.1, 0.15) is 27.7 Å². The lowest BCUT2D eigenvalue weighted by molar-refractivity contribution is -0.125. The van der Waals surface area contributed by atoms with Gasteiger partial charge in [0.15, 0.2) is 10.2 Å². The molecule has 6 nitrogen and oxygen atoms in total. The number of hydrogen-bond donors (Lipinski definition) is 2. The van der Waals surface area contributed by atoms with Crippen molar-refractivity contribution in [2.75, 3.05) is 14.1 Å². The summed E-state index contributed by atoms with van der Waals surface area (Å²) in [6.45, 7) is 7.34. The zero-order valence-corrected chi connectivity index (χ0v) is 19.2. The maximum atomic E-state index is 11.1. The van der Waals surface area contributed by atoms with Gasteiger partial charge in [0.2, 0.25) is 0 Å². The molecule has 0 aromatic rings. The van der Waals surface area contributed by atoms with E-state index in [0.29, 0.717) is 10.2 Å². The summed E-state index contributed by atoms with van der Waals surface area (Å²) in [6.07, 6.45) is 0. The molecule has 0 spiro atoms. The second kappa shape index (κ2) is 8.33. The van der Waals surface area contributed by atoms with Gasteiger partial charge in [0, 0.05) is 51.3 Å². The first-order chi connectivity index (χ1) is 9.92. The highest BCUT2D eigenvalue weighted by Gasteiger charge is 2.41. The highest BCUT2D eigenvalue weighted by atomic mass is 128. The summed E-state index contributed by atoms with van der Waals surface area (Å²) in [5, 5.41) is 6.17. The summed E-state index contributed by atoms with van der Waals surface area (Å²) in [4.78, 5) is 25.7. The molecule has 2 saturated heterocycles. The van der Waals surface area contributed by atoms with E-state index in [1.807, 2.05) is 27.7 Å². The molecular weight excluding hydrogens is 550 g/mol. The van der Waals surface area contributed by atoms with E-state index in [4.69, 9.17) is 24.4 Å². The first-order valence-electron chi connectivity index (χ1n) is 6.25. The fourth-order valence-corrected chi connectivity index (χ4v) is 2.12. The van der Waals surface area contributed by atoms with E-state index in [0.717, 1.165) is 0 Å². The molecule has 0 aromatic heterocycles. The third-order valence-corrected chi connectivity index (χ3v) is 4.59. The minimum absolute atomic E-state index is 0.0278. The van der Waals surface area contributed by atoms with Gasteiger partial charge in [-0.2, -0.15) is 0 Å². The molecule has 0 bridgehead atoms. The first-order valence-corrected chi connectivity index (χ1v) is 13.4. The smallest absolute Gasteiger partial charge is 0.251 e. The Morgan fingerprint density at radius 1 is 0.818 bits per heavy atom. The molecule has 126 valence electrons. The third kappa shape index (κ3) is 4.60. The van der Waals surface area contributed by atoms with Crippen molar-refractivity contribution >= 4 is 83.7 Å². The van der Waals surface area contributed by atoms with Gasteiger partial charge in [-0.05, 0) is 52.1 Å². The summed E-state index contributed by atoms with van der Waals surface area (Å²) >= 11 is 14.0. The van der Waals surface area contributed by atoms with Gasteiger partial charge in [-0.1, -0.05) is 0 Å². The van der Waals surface area contributed by atoms with Crippen molar-refractivity contribution in [3.05, 3.63) is 0 Å². The van der Waals surface area contributed by atoms with Crippen molar-refractivity contribution < 1.29 is 9.59 Å². The van der Waals surface area contributed by atoms with E-state index >= 15 is 0 Å². The number of amides is 2. The van der Waals surface area contributed by atoms with Crippen molar-refractivity contribution in [1.82, 2.24) is 20.4 Å². The van der Waals surface area contributed by atoms with Crippen LogP contribution in [0.2, 0.25) is 0 Å². The van der Waals surface area contributed by atoms with Crippen LogP contribution < -0.4 is 10.6 Å². The molecule has 0 atom stereocenters. The van der Waals surface area contributed by atoms with Crippen LogP contribution in [-0.2, 0) is 9.59 Å². The van der Waals surface area contributed by atoms with Crippen LogP contribution in [0.5, 0.6) is 0 Å². The Bertz CT molecular complexity index is 454. The molecule has 2 amide bonds. The van der Waals surface area contributed by atoms with Crippen molar-refractivity contribution in [1.29, 1.82) is 0 Å². The average Bonchev–Trinajstić information content (AvgIpc) is 2.73. The average molecular weight is 570 g/mol. The SMILES string of the molecule is CN1C(=S)NC(=O)C1(C)C.CN1C(=S)NC(=O)C1(C)C.II. The largest absolute Gasteiger partial charge is 0.338 e. The van der Waals surface area contributed by atoms with Crippen LogP contribution in [0.3, 0.4) is 0 Å². The first kappa shape index (κ1) is 22.2. The lowest BCUT2D eigenvalue weighted by Gasteiger charge is -2.24. The Balaban J connectivity index is 0.000000360. The van der Waals surface area contributed by atoms with Crippen LogP contribution in [0.25, 0.3) is 0 Å². The van der Waals surface area contributed by atoms with Crippen LogP contribution in [0, 0.1) is 0 Å². The fraction of sp³-hybridized carbons (Fsp3) is 0.667. The molecule has 0 radical (unpaired) electrons. The number of nitrogens with zero attached hydrogens (tertiary/aromatic N) is 2. The number of nitrogens with one attached hydrogen (secondary N) is 2. The second-order valence-electron chi connectivity index (χ2n) is 5.75. The molecule has 0 aromatic carbocycles. The van der Waals surface area contributed by atoms with E-state index in [1.165, 1.54) is 0 Å². The molecule has 2 N–H and O–H groups in total. The summed E-state index contributed by atoms with van der Waals surface area (Å²) < 4.78 is 0. The predicted molar refractivity (Wildman–Crippen MR) is 113 cm³/mol. The fourth-order valence-electron chi connectivity index (χ4n) is 1.48. The van der Waals surface area contributed by atoms with Crippen molar-refractivity contribution in [3.8, 4) is 0 Å². The minimum Gasteiger partial charge on any atom is -0.338 e. The van der Waals surface area contributed by atoms with Gasteiger partial charge >= 0.3 is 0 Å². The Morgan fingerprint density at radius 2 is 1.05 bits per heavy atom. The van der Waals surface area contributed by atoms with E-state index in [2.05, 4.69) is 47.9 Å². The number of hydrogen-bond acceptors (Lipinski definition) is 4. The zero-order chi connectivity index (χ0) is 17.9. The van der Waals surface area contributed by atoms with E-state index in [-0.39, 0.29) is 11.8 Å². The van der Waals surface area contributed by atoms with E-state index in [1.54, 1.807) is 23.9 Å². The number of halogens is 2. The van der Waals surface area contributed by atoms with Crippen molar-refractivity contribution in [3.63, 3.8) is 0 Å². The molecule has 2 rings (SSSR count). The topological polar surface area (TPSA) is 64.7 Å². The van der Waals surface area contributed by atoms with Gasteiger partial charge in [-0.15, -0.1) is 0 Å². The van der Waals surface area contributed by atoms with Crippen LogP contribution in [-0.4, -0.2) is 57.0 Å². The maximum absolute atomic E-state index is 11.1. The minimum atomic E-state index is -0.475. The summed E-state index contributed by atoms with van der Waals surface area (Å²) in [5.74, 6) is -0.0556. The lowest BCUT2D eigenvalue weighted by atomic mass is 10.1. The molecular formula is C12H20I2N4O2S2. The van der Waals surface area contributed by atoms with Crippen LogP contribution >= 0.6 is 61.7 Å². The maximum Gasteiger partial charge on any atom is 0.251 e. The van der Waals surface area contributed by atoms with Gasteiger partial charge in [0.25, 0.3) is 11.8 Å². The summed E-state index contributed by atoms with van der Waals surface area (Å²) in [6, 6.07) is 0. The highest BCUT2D eigenvalue weighted by molar-refractivity contribution is 15.0. The van der Waals surface area contributed by atoms with Crippen LogP contribution in [0.4, 0.5) is 0 Å². The molecule has 0 saturated carbocycles. The summed E-state index contributed by atoms with van der Waals surface area (Å²) in [7, 11) is 3.61. The quantitative estimate of drug-likeness (QED) is 0.344. The highest BCUT2D eigenvalue weighted by Crippen LogP contribution is 2.18. The van der Waals surface area contributed by atoms with Crippen molar-refractivity contribution in [2.24, 2.45) is 0 Å². The molecule has 0 unspecified atom stereocenters. The van der Waals surface area contributed by atoms with Gasteiger partial charge < -0.3 is 20.4 Å². The Labute approximate surface area is 165 Å². The summed E-state index contributed by atoms with van der Waals surface area (Å²) in [5.41, 5.74) is -0.950. The Hall–Kier alpha value is 0.180. The third-order valence-electron chi connectivity index (χ3n) is 3.84. The number of thiocarbonyl (C=S) groups is 2. The molecule has 0 aliphatic carbocycles. The monoisotopic (exact) mass is 570 g/mol. The predicted octanol–water partition coefficient (Wildman–Crippen LogP) is 1.99. The molecule has 2 aliphatic rings. The van der Waals surface area contributed by atoms with Gasteiger partial charge in [-0.25, -0.2) is 0 Å². The lowest BCUT2D eigenvalue weighted by Crippen LogP contribution is -2.41. The molecule has 10 heteroatoms. The number of rotatable bonds is 0. The molecule has 2 fully saturated rings. The number of carbonyl (C=O) groups excluding carboxylic acids is 2. The second-order valence-corrected chi connectivity index (χ2v) is 6.53. The standard InChI is InChI=1S/2C6H10N2OS.I2/c2*1-6(2)4(9)7-5(10)8(6)3;1-2/h2*1-3H3,(H,7,9,10);. The van der Waals surface area contributed by atoms with Gasteiger partial charge in [0.05, 0.1) is 0 Å². The van der Waals surface area contributed by atoms with E-state index in [9.17, 15) is 9.59 Å². The van der Waals surface area contributed by atoms with Gasteiger partial charge in [0.1, 0.15) is 11.1 Å². The Morgan fingerprint density at radius 3 is 1.09 bits per heavy atom. The molecule has 2 aliphatic heterocycles. The van der Waals surface area contributed by atoms with Crippen molar-refractivity contribution in [2.45, 2.75) is 38.8 Å². The normalized spacial score (nSPS) is 21.5. The number of likely N-dealkylation sites (N-methyl/N-ethyl adjacent to an activating group) is 2. The molecule has 2 heterocycles. The van der Waals surface area contributed by atoms with Gasteiger partial charge in [-0.3, -0.25) is 9.59 Å². The number of carbonyl (C=O) groups is 2. The van der Waals surface area contributed by atoms with Crippen LogP contribution in [0.15, 0.2) is 0 Å².